The van der Waals surface area contributed by atoms with Gasteiger partial charge in [-0.15, -0.1) is 6.58 Å². The lowest BCUT2D eigenvalue weighted by Gasteiger charge is -2.61. The van der Waals surface area contributed by atoms with Gasteiger partial charge in [0.2, 0.25) is 0 Å². The second-order valence-corrected chi connectivity index (χ2v) is 33.2. The van der Waals surface area contributed by atoms with Crippen molar-refractivity contribution in [1.29, 1.82) is 0 Å². The van der Waals surface area contributed by atoms with Crippen LogP contribution >= 0.6 is 0 Å². The molecule has 10 aliphatic rings. The molecule has 434 valence electrons. The average molecular weight is 1050 g/mol. The molecule has 2 aliphatic heterocycles. The molecule has 17 atom stereocenters. The Kier molecular flexibility index (Phi) is 17.3. The molecule has 0 bridgehead atoms. The van der Waals surface area contributed by atoms with Crippen LogP contribution in [0.3, 0.4) is 0 Å². The van der Waals surface area contributed by atoms with Crippen LogP contribution in [0.25, 0.3) is 0 Å². The highest BCUT2D eigenvalue weighted by Crippen LogP contribution is 2.68. The van der Waals surface area contributed by atoms with E-state index in [1.54, 1.807) is 6.08 Å². The summed E-state index contributed by atoms with van der Waals surface area (Å²) >= 11 is 0. The first-order valence-electron chi connectivity index (χ1n) is 31.6. The third-order valence-electron chi connectivity index (χ3n) is 26.4. The highest BCUT2D eigenvalue weighted by molar-refractivity contribution is 5.73. The van der Waals surface area contributed by atoms with Crippen molar-refractivity contribution in [2.75, 3.05) is 13.2 Å². The normalized spacial score (nSPS) is 48.4. The van der Waals surface area contributed by atoms with E-state index in [0.717, 1.165) is 69.3 Å². The maximum absolute atomic E-state index is 11.8. The lowest BCUT2D eigenvalue weighted by atomic mass is 9.45. The van der Waals surface area contributed by atoms with Gasteiger partial charge in [-0.05, 0) is 248 Å². The van der Waals surface area contributed by atoms with Crippen molar-refractivity contribution in [3.05, 3.63) is 12.7 Å². The number of aliphatic hydroxyl groups excluding tert-OH is 1. The first-order chi connectivity index (χ1) is 34.3. The zero-order valence-electron chi connectivity index (χ0n) is 52.0. The van der Waals surface area contributed by atoms with Crippen LogP contribution in [0, 0.1) is 90.7 Å². The molecule has 10 rings (SSSR count). The quantitative estimate of drug-likeness (QED) is 0.155. The fourth-order valence-electron chi connectivity index (χ4n) is 22.7. The number of ether oxygens (including phenoxy) is 2. The molecule has 7 nitrogen and oxygen atoms in total. The SMILES string of the molecule is C=C[C@](C)(O)CC[C@@H]1[C@@]2(C)CCCC(C)(C)C2CC[C@@]1(C)O.CC1(C)CCC[C@@]2(C)C1CC[C@@](C)(O)[C@@H]2CCO.CC1(C)CCC[C@@]2(C)C1CC[C@@]1(C)OC(=O)C[C@@H]12.CC1(C)CCC[C@@]2(C)C1CC[C@@]1(C)OCC[C@@H]12. The fraction of sp³-hybridized carbons (Fsp3) is 0.956. The van der Waals surface area contributed by atoms with Gasteiger partial charge in [-0.3, -0.25) is 4.79 Å². The predicted octanol–water partition coefficient (Wildman–Crippen LogP) is 16.4. The zero-order chi connectivity index (χ0) is 55.9. The fourth-order valence-corrected chi connectivity index (χ4v) is 22.7. The van der Waals surface area contributed by atoms with E-state index in [9.17, 15) is 25.2 Å². The van der Waals surface area contributed by atoms with Gasteiger partial charge in [-0.2, -0.15) is 0 Å². The van der Waals surface area contributed by atoms with Crippen LogP contribution < -0.4 is 0 Å². The molecule has 0 aromatic carbocycles. The summed E-state index contributed by atoms with van der Waals surface area (Å²) in [5.74, 6) is 4.83. The number of esters is 1. The van der Waals surface area contributed by atoms with Crippen molar-refractivity contribution in [3.63, 3.8) is 0 Å². The van der Waals surface area contributed by atoms with Crippen LogP contribution in [-0.4, -0.2) is 67.6 Å². The molecule has 10 fully saturated rings. The first-order valence-corrected chi connectivity index (χ1v) is 31.6. The summed E-state index contributed by atoms with van der Waals surface area (Å²) in [6.45, 7) is 44.6. The molecule has 4 unspecified atom stereocenters. The Morgan fingerprint density at radius 3 is 1.31 bits per heavy atom. The smallest absolute Gasteiger partial charge is 0.306 e. The van der Waals surface area contributed by atoms with Crippen molar-refractivity contribution in [1.82, 2.24) is 0 Å². The van der Waals surface area contributed by atoms with Crippen molar-refractivity contribution >= 4 is 5.97 Å². The van der Waals surface area contributed by atoms with Crippen LogP contribution in [0.5, 0.6) is 0 Å². The van der Waals surface area contributed by atoms with Gasteiger partial charge in [-0.25, -0.2) is 0 Å². The third-order valence-corrected chi connectivity index (χ3v) is 26.4. The number of fused-ring (bicyclic) bond motifs is 8. The standard InChI is InChI=1S/C20H36O2.C16H26O2.C16H30O2.C16H28O/c1-7-18(4,21)13-9-16-19(5)12-8-11-17(2,3)15(19)10-14-20(16,6)22;1-14(2)7-5-8-15(3)11(14)6-9-16(4)12(15)10-13(17)18-16;1-14(2)8-5-9-15(3)12(14)6-10-16(4,18)13(15)7-11-17;1-14(2)8-5-9-15(3)12(14)6-10-16(4)13(15)7-11-17-16/h7,15-16,21-22H,1,8-14H2,2-6H3;11-12H,5-10H2,1-4H3;12-13,17-18H,5-11H2,1-4H3;12-13H,5-11H2,1-4H3/t15?,16-,18+,19+,20-;11?,12-,15+,16-;2*12?,13-,15+,16-/m1111/s1. The highest BCUT2D eigenvalue weighted by atomic mass is 16.6. The second kappa shape index (κ2) is 21.1. The summed E-state index contributed by atoms with van der Waals surface area (Å²) in [6.07, 6.45) is 30.6. The van der Waals surface area contributed by atoms with E-state index in [1.807, 2.05) is 20.8 Å². The van der Waals surface area contributed by atoms with Crippen LogP contribution in [0.2, 0.25) is 0 Å². The molecular weight excluding hydrogens is 929 g/mol. The Morgan fingerprint density at radius 2 is 0.880 bits per heavy atom. The number of aliphatic hydroxyl groups is 4. The Labute approximate surface area is 461 Å². The van der Waals surface area contributed by atoms with E-state index in [2.05, 4.69) is 104 Å². The number of hydrogen-bond acceptors (Lipinski definition) is 7. The van der Waals surface area contributed by atoms with Crippen LogP contribution in [-0.2, 0) is 14.3 Å². The zero-order valence-corrected chi connectivity index (χ0v) is 52.0. The van der Waals surface area contributed by atoms with Crippen LogP contribution in [0.15, 0.2) is 12.7 Å². The lowest BCUT2D eigenvalue weighted by Crippen LogP contribution is -2.57. The van der Waals surface area contributed by atoms with Gasteiger partial charge in [0.15, 0.2) is 0 Å². The highest BCUT2D eigenvalue weighted by Gasteiger charge is 2.64. The van der Waals surface area contributed by atoms with Crippen molar-refractivity contribution in [3.8, 4) is 0 Å². The van der Waals surface area contributed by atoms with Crippen LogP contribution in [0.4, 0.5) is 0 Å². The minimum atomic E-state index is -0.830. The van der Waals surface area contributed by atoms with Crippen LogP contribution in [0.1, 0.15) is 278 Å². The van der Waals surface area contributed by atoms with Gasteiger partial charge in [0.1, 0.15) is 5.60 Å². The molecular formula is C68H120O7. The molecule has 75 heavy (non-hydrogen) atoms. The first kappa shape index (κ1) is 61.6. The summed E-state index contributed by atoms with van der Waals surface area (Å²) in [4.78, 5) is 11.8. The number of carbonyl (C=O) groups excluding carboxylic acids is 1. The Bertz CT molecular complexity index is 1990. The summed E-state index contributed by atoms with van der Waals surface area (Å²) in [6, 6.07) is 0. The van der Waals surface area contributed by atoms with Crippen molar-refractivity contribution < 1.29 is 34.7 Å². The Balaban J connectivity index is 0.000000146. The monoisotopic (exact) mass is 1050 g/mol. The summed E-state index contributed by atoms with van der Waals surface area (Å²) in [5.41, 5.74) is 0.964. The molecule has 0 spiro atoms. The van der Waals surface area contributed by atoms with Gasteiger partial charge >= 0.3 is 5.97 Å². The van der Waals surface area contributed by atoms with Gasteiger partial charge in [0.05, 0.1) is 28.8 Å². The van der Waals surface area contributed by atoms with Crippen molar-refractivity contribution in [2.24, 2.45) is 90.7 Å². The van der Waals surface area contributed by atoms with E-state index in [0.29, 0.717) is 63.1 Å². The molecule has 0 aromatic rings. The van der Waals surface area contributed by atoms with E-state index in [-0.39, 0.29) is 46.4 Å². The molecule has 2 heterocycles. The van der Waals surface area contributed by atoms with Crippen molar-refractivity contribution in [2.45, 2.75) is 306 Å². The molecule has 8 saturated carbocycles. The third kappa shape index (κ3) is 11.5. The minimum absolute atomic E-state index is 0.0350. The molecule has 7 heteroatoms. The van der Waals surface area contributed by atoms with E-state index in [1.165, 1.54) is 103 Å². The summed E-state index contributed by atoms with van der Waals surface area (Å²) in [5, 5.41) is 41.5. The van der Waals surface area contributed by atoms with E-state index >= 15 is 0 Å². The van der Waals surface area contributed by atoms with Gasteiger partial charge in [0, 0.05) is 19.1 Å². The Hall–Kier alpha value is -0.990. The second-order valence-electron chi connectivity index (χ2n) is 33.2. The molecule has 4 N–H and O–H groups in total. The van der Waals surface area contributed by atoms with Gasteiger partial charge in [-0.1, -0.05) is 115 Å². The van der Waals surface area contributed by atoms with Gasteiger partial charge < -0.3 is 29.9 Å². The molecule has 0 aromatic heterocycles. The maximum Gasteiger partial charge on any atom is 0.306 e. The molecule has 0 radical (unpaired) electrons. The Morgan fingerprint density at radius 1 is 0.507 bits per heavy atom. The number of hydrogen-bond donors (Lipinski definition) is 4. The average Bonchev–Trinajstić information content (AvgIpc) is 3.83. The summed E-state index contributed by atoms with van der Waals surface area (Å²) in [7, 11) is 0. The summed E-state index contributed by atoms with van der Waals surface area (Å²) < 4.78 is 11.8. The topological polar surface area (TPSA) is 116 Å². The predicted molar refractivity (Wildman–Crippen MR) is 309 cm³/mol. The lowest BCUT2D eigenvalue weighted by molar-refractivity contribution is -0.172. The number of carbonyl (C=O) groups is 1. The van der Waals surface area contributed by atoms with E-state index < -0.39 is 16.8 Å². The molecule has 8 aliphatic carbocycles. The number of rotatable bonds is 6. The van der Waals surface area contributed by atoms with Gasteiger partial charge in [0.25, 0.3) is 0 Å². The van der Waals surface area contributed by atoms with E-state index in [4.69, 9.17) is 9.47 Å². The molecule has 2 saturated heterocycles. The molecule has 0 amide bonds. The maximum atomic E-state index is 11.8. The minimum Gasteiger partial charge on any atom is -0.459 e. The largest absolute Gasteiger partial charge is 0.459 e.